The minimum atomic E-state index is -0.298. The SMILES string of the molecule is Cc1cc2c(cc1F)c(C#N)cn2-c1cnn(C)c1. The Hall–Kier alpha value is -2.61. The molecule has 19 heavy (non-hydrogen) atoms. The van der Waals surface area contributed by atoms with Crippen LogP contribution in [0.3, 0.4) is 0 Å². The maximum absolute atomic E-state index is 13.6. The molecule has 2 aromatic heterocycles. The van der Waals surface area contributed by atoms with Gasteiger partial charge in [-0.2, -0.15) is 10.4 Å². The Balaban J connectivity index is 2.37. The first-order valence-electron chi connectivity index (χ1n) is 5.80. The lowest BCUT2D eigenvalue weighted by Gasteiger charge is -2.03. The number of hydrogen-bond acceptors (Lipinski definition) is 2. The summed E-state index contributed by atoms with van der Waals surface area (Å²) in [6.45, 7) is 1.71. The van der Waals surface area contributed by atoms with Crippen molar-refractivity contribution in [1.82, 2.24) is 14.3 Å². The zero-order chi connectivity index (χ0) is 13.6. The molecule has 2 heterocycles. The molecule has 5 heteroatoms. The number of nitriles is 1. The van der Waals surface area contributed by atoms with Crippen molar-refractivity contribution in [1.29, 1.82) is 5.26 Å². The molecule has 0 N–H and O–H groups in total. The van der Waals surface area contributed by atoms with Crippen molar-refractivity contribution < 1.29 is 4.39 Å². The molecule has 0 aliphatic carbocycles. The molecule has 3 rings (SSSR count). The largest absolute Gasteiger partial charge is 0.312 e. The summed E-state index contributed by atoms with van der Waals surface area (Å²) in [4.78, 5) is 0. The van der Waals surface area contributed by atoms with Crippen molar-refractivity contribution in [2.24, 2.45) is 7.05 Å². The molecule has 0 saturated carbocycles. The topological polar surface area (TPSA) is 46.5 Å². The molecular formula is C14H11FN4. The molecule has 0 amide bonds. The minimum Gasteiger partial charge on any atom is -0.312 e. The first kappa shape index (κ1) is 11.5. The maximum atomic E-state index is 13.6. The van der Waals surface area contributed by atoms with E-state index >= 15 is 0 Å². The molecule has 0 aliphatic heterocycles. The van der Waals surface area contributed by atoms with Crippen LogP contribution in [0, 0.1) is 24.1 Å². The third-order valence-electron chi connectivity index (χ3n) is 3.17. The summed E-state index contributed by atoms with van der Waals surface area (Å²) in [5, 5.41) is 13.9. The van der Waals surface area contributed by atoms with Crippen LogP contribution in [0.5, 0.6) is 0 Å². The maximum Gasteiger partial charge on any atom is 0.126 e. The van der Waals surface area contributed by atoms with E-state index in [1.807, 2.05) is 17.8 Å². The van der Waals surface area contributed by atoms with Gasteiger partial charge in [0.15, 0.2) is 0 Å². The lowest BCUT2D eigenvalue weighted by Crippen LogP contribution is -1.91. The van der Waals surface area contributed by atoms with Crippen LogP contribution in [0.4, 0.5) is 4.39 Å². The van der Waals surface area contributed by atoms with Gasteiger partial charge < -0.3 is 4.57 Å². The number of fused-ring (bicyclic) bond motifs is 1. The number of halogens is 1. The van der Waals surface area contributed by atoms with Gasteiger partial charge >= 0.3 is 0 Å². The van der Waals surface area contributed by atoms with E-state index in [0.29, 0.717) is 16.5 Å². The number of hydrogen-bond donors (Lipinski definition) is 0. The molecule has 0 aliphatic rings. The van der Waals surface area contributed by atoms with Crippen LogP contribution in [-0.4, -0.2) is 14.3 Å². The van der Waals surface area contributed by atoms with Crippen molar-refractivity contribution in [3.8, 4) is 11.8 Å². The zero-order valence-corrected chi connectivity index (χ0v) is 10.6. The molecule has 0 bridgehead atoms. The lowest BCUT2D eigenvalue weighted by atomic mass is 10.1. The van der Waals surface area contributed by atoms with Gasteiger partial charge in [-0.3, -0.25) is 4.68 Å². The van der Waals surface area contributed by atoms with Gasteiger partial charge in [0.25, 0.3) is 0 Å². The molecule has 0 atom stereocenters. The second kappa shape index (κ2) is 3.95. The Morgan fingerprint density at radius 1 is 1.32 bits per heavy atom. The molecule has 0 saturated heterocycles. The first-order valence-corrected chi connectivity index (χ1v) is 5.80. The standard InChI is InChI=1S/C14H11FN4/c1-9-3-14-12(4-13(9)15)10(5-16)7-19(14)11-6-17-18(2)8-11/h3-4,6-8H,1-2H3. The highest BCUT2D eigenvalue weighted by Crippen LogP contribution is 2.26. The Morgan fingerprint density at radius 3 is 2.74 bits per heavy atom. The quantitative estimate of drug-likeness (QED) is 0.670. The third kappa shape index (κ3) is 1.69. The van der Waals surface area contributed by atoms with Gasteiger partial charge in [-0.25, -0.2) is 4.39 Å². The Labute approximate surface area is 109 Å². The average Bonchev–Trinajstić information content (AvgIpc) is 2.94. The van der Waals surface area contributed by atoms with E-state index in [2.05, 4.69) is 11.2 Å². The highest BCUT2D eigenvalue weighted by atomic mass is 19.1. The van der Waals surface area contributed by atoms with E-state index in [-0.39, 0.29) is 5.82 Å². The highest BCUT2D eigenvalue weighted by Gasteiger charge is 2.13. The normalized spacial score (nSPS) is 10.8. The lowest BCUT2D eigenvalue weighted by molar-refractivity contribution is 0.620. The van der Waals surface area contributed by atoms with Gasteiger partial charge in [-0.1, -0.05) is 0 Å². The number of rotatable bonds is 1. The minimum absolute atomic E-state index is 0.298. The molecule has 1 aromatic carbocycles. The number of nitrogens with zero attached hydrogens (tertiary/aromatic N) is 4. The van der Waals surface area contributed by atoms with Crippen LogP contribution in [0.1, 0.15) is 11.1 Å². The van der Waals surface area contributed by atoms with E-state index in [1.54, 1.807) is 30.1 Å². The second-order valence-electron chi connectivity index (χ2n) is 4.52. The van der Waals surface area contributed by atoms with Gasteiger partial charge in [0.2, 0.25) is 0 Å². The fourth-order valence-corrected chi connectivity index (χ4v) is 2.18. The Morgan fingerprint density at radius 2 is 2.11 bits per heavy atom. The summed E-state index contributed by atoms with van der Waals surface area (Å²) in [6.07, 6.45) is 5.26. The van der Waals surface area contributed by atoms with Gasteiger partial charge in [0, 0.05) is 24.8 Å². The van der Waals surface area contributed by atoms with Gasteiger partial charge in [-0.15, -0.1) is 0 Å². The van der Waals surface area contributed by atoms with Crippen LogP contribution in [0.2, 0.25) is 0 Å². The van der Waals surface area contributed by atoms with Crippen molar-refractivity contribution in [2.75, 3.05) is 0 Å². The average molecular weight is 254 g/mol. The first-order chi connectivity index (χ1) is 9.10. The summed E-state index contributed by atoms with van der Waals surface area (Å²) < 4.78 is 17.2. The van der Waals surface area contributed by atoms with E-state index in [9.17, 15) is 4.39 Å². The molecular weight excluding hydrogens is 243 g/mol. The second-order valence-corrected chi connectivity index (χ2v) is 4.52. The monoisotopic (exact) mass is 254 g/mol. The molecule has 3 aromatic rings. The van der Waals surface area contributed by atoms with Crippen molar-refractivity contribution in [3.05, 3.63) is 47.7 Å². The Kier molecular flexibility index (Phi) is 2.39. The molecule has 0 fully saturated rings. The van der Waals surface area contributed by atoms with Crippen molar-refractivity contribution in [3.63, 3.8) is 0 Å². The van der Waals surface area contributed by atoms with Crippen molar-refractivity contribution in [2.45, 2.75) is 6.92 Å². The summed E-state index contributed by atoms with van der Waals surface area (Å²) in [5.41, 5.74) is 2.67. The van der Waals surface area contributed by atoms with E-state index < -0.39 is 0 Å². The predicted molar refractivity (Wildman–Crippen MR) is 69.5 cm³/mol. The van der Waals surface area contributed by atoms with Crippen LogP contribution >= 0.6 is 0 Å². The van der Waals surface area contributed by atoms with Crippen molar-refractivity contribution >= 4 is 10.9 Å². The molecule has 4 nitrogen and oxygen atoms in total. The van der Waals surface area contributed by atoms with E-state index in [0.717, 1.165) is 11.2 Å². The summed E-state index contributed by atoms with van der Waals surface area (Å²) in [7, 11) is 1.82. The summed E-state index contributed by atoms with van der Waals surface area (Å²) in [6, 6.07) is 5.26. The van der Waals surface area contributed by atoms with Crippen LogP contribution in [-0.2, 0) is 7.05 Å². The number of aromatic nitrogens is 3. The molecule has 94 valence electrons. The van der Waals surface area contributed by atoms with E-state index in [1.165, 1.54) is 6.07 Å². The van der Waals surface area contributed by atoms with Crippen LogP contribution in [0.25, 0.3) is 16.6 Å². The van der Waals surface area contributed by atoms with Crippen LogP contribution < -0.4 is 0 Å². The summed E-state index contributed by atoms with van der Waals surface area (Å²) >= 11 is 0. The van der Waals surface area contributed by atoms with E-state index in [4.69, 9.17) is 5.26 Å². The fourth-order valence-electron chi connectivity index (χ4n) is 2.18. The number of aryl methyl sites for hydroxylation is 2. The third-order valence-corrected chi connectivity index (χ3v) is 3.17. The number of benzene rings is 1. The highest BCUT2D eigenvalue weighted by molar-refractivity contribution is 5.88. The smallest absolute Gasteiger partial charge is 0.126 e. The fraction of sp³-hybridized carbons (Fsp3) is 0.143. The molecule has 0 radical (unpaired) electrons. The Bertz CT molecular complexity index is 820. The van der Waals surface area contributed by atoms with Gasteiger partial charge in [-0.05, 0) is 24.6 Å². The van der Waals surface area contributed by atoms with Gasteiger partial charge in [0.05, 0.1) is 23.0 Å². The molecule has 0 spiro atoms. The predicted octanol–water partition coefficient (Wildman–Crippen LogP) is 2.68. The zero-order valence-electron chi connectivity index (χ0n) is 10.6. The van der Waals surface area contributed by atoms with Gasteiger partial charge in [0.1, 0.15) is 11.9 Å². The van der Waals surface area contributed by atoms with Crippen LogP contribution in [0.15, 0.2) is 30.7 Å². The summed E-state index contributed by atoms with van der Waals surface area (Å²) in [5.74, 6) is -0.298. The molecule has 0 unspecified atom stereocenters.